The number of nitrogens with zero attached hydrogens (tertiary/aromatic N) is 4. The smallest absolute Gasteiger partial charge is 0.163 e. The number of hydrogen-bond donors (Lipinski definition) is 0. The Morgan fingerprint density at radius 2 is 1.83 bits per heavy atom. The summed E-state index contributed by atoms with van der Waals surface area (Å²) < 4.78 is 2.09. The molecule has 0 saturated carbocycles. The molecule has 0 unspecified atom stereocenters. The Bertz CT molecular complexity index is 1170. The van der Waals surface area contributed by atoms with Crippen LogP contribution < -0.4 is 0 Å². The minimum Gasteiger partial charge on any atom is -0.300 e. The number of halogens is 1. The third-order valence-electron chi connectivity index (χ3n) is 5.28. The fraction of sp³-hybridized carbons (Fsp3) is 0.391. The highest BCUT2D eigenvalue weighted by Gasteiger charge is 2.34. The van der Waals surface area contributed by atoms with Crippen molar-refractivity contribution in [1.29, 1.82) is 0 Å². The molecule has 3 aromatic rings. The molecule has 2 aromatic heterocycles. The fourth-order valence-corrected chi connectivity index (χ4v) is 5.56. The summed E-state index contributed by atoms with van der Waals surface area (Å²) in [6.45, 7) is 12.4. The molecule has 0 N–H and O–H groups in total. The lowest BCUT2D eigenvalue weighted by atomic mass is 9.89. The van der Waals surface area contributed by atoms with Crippen LogP contribution in [0.2, 0.25) is 5.02 Å². The van der Waals surface area contributed by atoms with Gasteiger partial charge in [0.1, 0.15) is 22.7 Å². The summed E-state index contributed by atoms with van der Waals surface area (Å²) in [6.07, 6.45) is 0.287. The van der Waals surface area contributed by atoms with Crippen molar-refractivity contribution in [2.45, 2.75) is 59.4 Å². The van der Waals surface area contributed by atoms with Gasteiger partial charge in [0.05, 0.1) is 5.71 Å². The second kappa shape index (κ2) is 7.43. The van der Waals surface area contributed by atoms with E-state index in [2.05, 4.69) is 42.5 Å². The maximum absolute atomic E-state index is 12.1. The molecule has 3 heterocycles. The monoisotopic (exact) mass is 440 g/mol. The van der Waals surface area contributed by atoms with Crippen LogP contribution in [-0.2, 0) is 10.2 Å². The number of aryl methyl sites for hydroxylation is 1. The molecule has 0 amide bonds. The van der Waals surface area contributed by atoms with Gasteiger partial charge in [0.15, 0.2) is 5.82 Å². The summed E-state index contributed by atoms with van der Waals surface area (Å²) in [5.74, 6) is 1.59. The van der Waals surface area contributed by atoms with Gasteiger partial charge in [-0.1, -0.05) is 44.5 Å². The van der Waals surface area contributed by atoms with Gasteiger partial charge in [-0.2, -0.15) is 0 Å². The molecule has 156 valence electrons. The number of hydrogen-bond acceptors (Lipinski definition) is 5. The van der Waals surface area contributed by atoms with E-state index in [1.807, 2.05) is 31.2 Å². The van der Waals surface area contributed by atoms with Gasteiger partial charge in [0.25, 0.3) is 0 Å². The predicted molar refractivity (Wildman–Crippen MR) is 123 cm³/mol. The van der Waals surface area contributed by atoms with E-state index in [1.165, 1.54) is 10.4 Å². The Hall–Kier alpha value is -2.31. The molecule has 1 aliphatic heterocycles. The normalized spacial score (nSPS) is 16.0. The molecule has 5 nitrogen and oxygen atoms in total. The van der Waals surface area contributed by atoms with Crippen LogP contribution in [0.4, 0.5) is 0 Å². The molecule has 0 saturated heterocycles. The van der Waals surface area contributed by atoms with Crippen LogP contribution in [0.1, 0.15) is 73.4 Å². The number of benzene rings is 1. The lowest BCUT2D eigenvalue weighted by Crippen LogP contribution is -2.13. The largest absolute Gasteiger partial charge is 0.300 e. The molecule has 30 heavy (non-hydrogen) atoms. The quantitative estimate of drug-likeness (QED) is 0.519. The highest BCUT2D eigenvalue weighted by atomic mass is 35.5. The van der Waals surface area contributed by atoms with E-state index in [1.54, 1.807) is 18.3 Å². The Kier molecular flexibility index (Phi) is 5.19. The van der Waals surface area contributed by atoms with Crippen molar-refractivity contribution in [2.75, 3.05) is 0 Å². The first-order valence-corrected chi connectivity index (χ1v) is 11.2. The maximum atomic E-state index is 12.1. The van der Waals surface area contributed by atoms with Crippen molar-refractivity contribution in [3.8, 4) is 5.00 Å². The van der Waals surface area contributed by atoms with Gasteiger partial charge >= 0.3 is 0 Å². The third kappa shape index (κ3) is 3.52. The van der Waals surface area contributed by atoms with Crippen molar-refractivity contribution >= 4 is 34.4 Å². The van der Waals surface area contributed by atoms with Gasteiger partial charge < -0.3 is 0 Å². The number of ketones is 1. The van der Waals surface area contributed by atoms with Gasteiger partial charge in [-0.15, -0.1) is 21.5 Å². The Balaban J connectivity index is 2.07. The van der Waals surface area contributed by atoms with E-state index in [9.17, 15) is 4.79 Å². The molecule has 0 aliphatic carbocycles. The lowest BCUT2D eigenvalue weighted by molar-refractivity contribution is -0.117. The third-order valence-corrected chi connectivity index (χ3v) is 7.24. The van der Waals surface area contributed by atoms with Gasteiger partial charge in [-0.25, -0.2) is 0 Å². The van der Waals surface area contributed by atoms with Crippen molar-refractivity contribution in [3.05, 3.63) is 62.5 Å². The van der Waals surface area contributed by atoms with Crippen LogP contribution >= 0.6 is 22.9 Å². The highest BCUT2D eigenvalue weighted by molar-refractivity contribution is 7.15. The SMILES string of the molecule is CC(=O)C[C@@H]1N=C(c2ccc(Cl)cc2)c2c(sc(C(C)(C)C)c2C)-n2c(C)nnc21. The van der Waals surface area contributed by atoms with E-state index in [0.717, 1.165) is 33.5 Å². The van der Waals surface area contributed by atoms with Gasteiger partial charge in [0, 0.05) is 27.4 Å². The molecule has 0 fully saturated rings. The molecule has 0 spiro atoms. The summed E-state index contributed by atoms with van der Waals surface area (Å²) in [4.78, 5) is 18.5. The molecule has 0 bridgehead atoms. The predicted octanol–water partition coefficient (Wildman–Crippen LogP) is 5.77. The number of carbonyl (C=O) groups is 1. The van der Waals surface area contributed by atoms with Gasteiger partial charge in [0.2, 0.25) is 0 Å². The second-order valence-corrected chi connectivity index (χ2v) is 10.3. The number of aromatic nitrogens is 3. The molecule has 7 heteroatoms. The van der Waals surface area contributed by atoms with Crippen molar-refractivity contribution in [2.24, 2.45) is 4.99 Å². The fourth-order valence-electron chi connectivity index (χ4n) is 4.01. The van der Waals surface area contributed by atoms with Gasteiger partial charge in [-0.3, -0.25) is 14.4 Å². The minimum absolute atomic E-state index is 0.00703. The van der Waals surface area contributed by atoms with Gasteiger partial charge in [-0.05, 0) is 43.9 Å². The van der Waals surface area contributed by atoms with E-state index >= 15 is 0 Å². The molecular weight excluding hydrogens is 416 g/mol. The molecular formula is C23H25ClN4OS. The number of aliphatic imine (C=N–C) groups is 1. The average Bonchev–Trinajstić information content (AvgIpc) is 3.15. The first kappa shape index (κ1) is 20.9. The number of rotatable bonds is 3. The summed E-state index contributed by atoms with van der Waals surface area (Å²) >= 11 is 7.90. The topological polar surface area (TPSA) is 60.1 Å². The molecule has 1 aliphatic rings. The van der Waals surface area contributed by atoms with E-state index in [4.69, 9.17) is 16.6 Å². The zero-order valence-electron chi connectivity index (χ0n) is 18.1. The number of thiophene rings is 1. The summed E-state index contributed by atoms with van der Waals surface area (Å²) in [7, 11) is 0. The van der Waals surface area contributed by atoms with E-state index < -0.39 is 0 Å². The van der Waals surface area contributed by atoms with E-state index in [-0.39, 0.29) is 23.7 Å². The van der Waals surface area contributed by atoms with E-state index in [0.29, 0.717) is 5.02 Å². The minimum atomic E-state index is -0.383. The number of Topliss-reactive ketones (excluding diaryl/α,β-unsaturated/α-hetero) is 1. The summed E-state index contributed by atoms with van der Waals surface area (Å²) in [5, 5.41) is 10.5. The summed E-state index contributed by atoms with van der Waals surface area (Å²) in [6, 6.07) is 7.35. The zero-order chi connectivity index (χ0) is 21.8. The van der Waals surface area contributed by atoms with Crippen LogP contribution in [0.15, 0.2) is 29.3 Å². The standard InChI is InChI=1S/C23H25ClN4OS/c1-12(29)11-17-21-27-26-14(3)28(21)22-18(13(2)20(30-22)23(4,5)6)19(25-17)15-7-9-16(24)10-8-15/h7-10,17H,11H2,1-6H3/t17-/m0/s1. The second-order valence-electron chi connectivity index (χ2n) is 8.83. The Morgan fingerprint density at radius 1 is 1.17 bits per heavy atom. The lowest BCUT2D eigenvalue weighted by Gasteiger charge is -2.18. The first-order chi connectivity index (χ1) is 14.1. The highest BCUT2D eigenvalue weighted by Crippen LogP contribution is 2.43. The number of fused-ring (bicyclic) bond motifs is 3. The summed E-state index contributed by atoms with van der Waals surface area (Å²) in [5.41, 5.74) is 4.14. The number of carbonyl (C=O) groups excluding carboxylic acids is 1. The van der Waals surface area contributed by atoms with Crippen LogP contribution in [-0.4, -0.2) is 26.3 Å². The van der Waals surface area contributed by atoms with Crippen LogP contribution in [0, 0.1) is 13.8 Å². The van der Waals surface area contributed by atoms with Crippen molar-refractivity contribution in [1.82, 2.24) is 14.8 Å². The first-order valence-electron chi connectivity index (χ1n) is 9.97. The Morgan fingerprint density at radius 3 is 2.43 bits per heavy atom. The Labute approximate surface area is 185 Å². The van der Waals surface area contributed by atoms with Crippen molar-refractivity contribution < 1.29 is 4.79 Å². The average molecular weight is 441 g/mol. The maximum Gasteiger partial charge on any atom is 0.163 e. The molecule has 1 atom stereocenters. The van der Waals surface area contributed by atoms with Crippen LogP contribution in [0.5, 0.6) is 0 Å². The molecule has 4 rings (SSSR count). The molecule has 0 radical (unpaired) electrons. The van der Waals surface area contributed by atoms with Crippen molar-refractivity contribution in [3.63, 3.8) is 0 Å². The molecule has 1 aromatic carbocycles. The zero-order valence-corrected chi connectivity index (χ0v) is 19.6. The van der Waals surface area contributed by atoms with Crippen LogP contribution in [0.25, 0.3) is 5.00 Å². The van der Waals surface area contributed by atoms with Crippen LogP contribution in [0.3, 0.4) is 0 Å².